The van der Waals surface area contributed by atoms with Gasteiger partial charge in [-0.2, -0.15) is 0 Å². The molecule has 0 saturated carbocycles. The Bertz CT molecular complexity index is 349. The summed E-state index contributed by atoms with van der Waals surface area (Å²) in [7, 11) is 1.65. The van der Waals surface area contributed by atoms with Gasteiger partial charge in [-0.05, 0) is 22.9 Å². The summed E-state index contributed by atoms with van der Waals surface area (Å²) in [5, 5.41) is 0. The van der Waals surface area contributed by atoms with Crippen molar-refractivity contribution in [1.29, 1.82) is 0 Å². The van der Waals surface area contributed by atoms with Crippen LogP contribution < -0.4 is 10.9 Å². The van der Waals surface area contributed by atoms with E-state index in [9.17, 15) is 0 Å². The molecule has 16 heavy (non-hydrogen) atoms. The van der Waals surface area contributed by atoms with Crippen molar-refractivity contribution < 1.29 is 4.74 Å². The lowest BCUT2D eigenvalue weighted by Gasteiger charge is -2.16. The average Bonchev–Trinajstić information content (AvgIpc) is 2.29. The molecule has 0 unspecified atom stereocenters. The molecule has 0 amide bonds. The summed E-state index contributed by atoms with van der Waals surface area (Å²) in [6.07, 6.45) is 3.37. The number of ether oxygens (including phenoxy) is 1. The van der Waals surface area contributed by atoms with Crippen LogP contribution in [-0.4, -0.2) is 31.9 Å². The summed E-state index contributed by atoms with van der Waals surface area (Å²) in [5.74, 6) is 0.540. The molecule has 1 atom stereocenters. The second-order valence-corrected chi connectivity index (χ2v) is 4.09. The van der Waals surface area contributed by atoms with Gasteiger partial charge < -0.3 is 4.74 Å². The lowest BCUT2D eigenvalue weighted by atomic mass is 10.4. The number of halogens is 1. The molecule has 1 aliphatic heterocycles. The molecule has 2 N–H and O–H groups in total. The SMILES string of the molecule is C=C/C(Br)=C1/C=NC(=N[C@@H](C)COC)NN1. The molecule has 0 aromatic rings. The molecule has 0 aromatic carbocycles. The highest BCUT2D eigenvalue weighted by Crippen LogP contribution is 2.10. The Balaban J connectivity index is 2.68. The second-order valence-electron chi connectivity index (χ2n) is 3.23. The van der Waals surface area contributed by atoms with Crippen LogP contribution in [0.1, 0.15) is 6.92 Å². The molecule has 88 valence electrons. The van der Waals surface area contributed by atoms with E-state index in [-0.39, 0.29) is 6.04 Å². The van der Waals surface area contributed by atoms with Gasteiger partial charge in [-0.15, -0.1) is 0 Å². The van der Waals surface area contributed by atoms with Crippen molar-refractivity contribution in [3.05, 3.63) is 22.8 Å². The van der Waals surface area contributed by atoms with E-state index in [0.717, 1.165) is 10.2 Å². The minimum atomic E-state index is 0.0693. The van der Waals surface area contributed by atoms with Crippen LogP contribution >= 0.6 is 15.9 Å². The summed E-state index contributed by atoms with van der Waals surface area (Å²) in [5.41, 5.74) is 6.66. The first-order chi connectivity index (χ1) is 7.67. The molecule has 5 nitrogen and oxygen atoms in total. The molecule has 0 aliphatic carbocycles. The normalized spacial score (nSPS) is 22.3. The maximum absolute atomic E-state index is 4.98. The zero-order valence-corrected chi connectivity index (χ0v) is 10.9. The third kappa shape index (κ3) is 3.79. The standard InChI is InChI=1S/C10H15BrN4O/c1-4-8(11)9-5-12-10(15-14-9)13-7(2)6-16-3/h4-5,7,14H,1,6H2,2-3H3,(H,13,15)/b9-8+/t7-/m0/s1. The molecular formula is C10H15BrN4O. The number of guanidine groups is 1. The Labute approximate surface area is 103 Å². The van der Waals surface area contributed by atoms with Crippen LogP contribution in [0.3, 0.4) is 0 Å². The fourth-order valence-corrected chi connectivity index (χ4v) is 1.30. The highest BCUT2D eigenvalue weighted by molar-refractivity contribution is 9.11. The quantitative estimate of drug-likeness (QED) is 0.820. The number of nitrogens with one attached hydrogen (secondary N) is 2. The summed E-state index contributed by atoms with van der Waals surface area (Å²) >= 11 is 3.34. The Kier molecular flexibility index (Phi) is 5.21. The first-order valence-corrected chi connectivity index (χ1v) is 5.61. The van der Waals surface area contributed by atoms with Gasteiger partial charge in [0.15, 0.2) is 0 Å². The zero-order valence-electron chi connectivity index (χ0n) is 9.33. The average molecular weight is 287 g/mol. The highest BCUT2D eigenvalue weighted by Gasteiger charge is 2.08. The Morgan fingerprint density at radius 1 is 1.75 bits per heavy atom. The first kappa shape index (κ1) is 12.9. The van der Waals surface area contributed by atoms with Gasteiger partial charge in [0.2, 0.25) is 5.96 Å². The summed E-state index contributed by atoms with van der Waals surface area (Å²) in [4.78, 5) is 8.46. The second kappa shape index (κ2) is 6.44. The van der Waals surface area contributed by atoms with Crippen LogP contribution in [0, 0.1) is 0 Å². The minimum absolute atomic E-state index is 0.0693. The topological polar surface area (TPSA) is 58.0 Å². The van der Waals surface area contributed by atoms with Crippen LogP contribution in [0.5, 0.6) is 0 Å². The summed E-state index contributed by atoms with van der Waals surface area (Å²) < 4.78 is 5.83. The number of hydrogen-bond acceptors (Lipinski definition) is 3. The van der Waals surface area contributed by atoms with Crippen molar-refractivity contribution in [2.75, 3.05) is 13.7 Å². The van der Waals surface area contributed by atoms with Gasteiger partial charge in [-0.3, -0.25) is 10.9 Å². The predicted octanol–water partition coefficient (Wildman–Crippen LogP) is 1.35. The van der Waals surface area contributed by atoms with Gasteiger partial charge in [-0.1, -0.05) is 12.7 Å². The van der Waals surface area contributed by atoms with E-state index in [0.29, 0.717) is 12.6 Å². The highest BCUT2D eigenvalue weighted by atomic mass is 79.9. The number of rotatable bonds is 4. The lowest BCUT2D eigenvalue weighted by molar-refractivity contribution is 0.185. The largest absolute Gasteiger partial charge is 0.382 e. The molecule has 0 bridgehead atoms. The van der Waals surface area contributed by atoms with Crippen molar-refractivity contribution in [3.63, 3.8) is 0 Å². The van der Waals surface area contributed by atoms with E-state index in [2.05, 4.69) is 43.3 Å². The lowest BCUT2D eigenvalue weighted by Crippen LogP contribution is -2.41. The number of aliphatic imine (C=N–C) groups is 2. The van der Waals surface area contributed by atoms with Crippen molar-refractivity contribution in [3.8, 4) is 0 Å². The molecule has 0 aromatic heterocycles. The Morgan fingerprint density at radius 3 is 3.00 bits per heavy atom. The predicted molar refractivity (Wildman–Crippen MR) is 69.7 cm³/mol. The van der Waals surface area contributed by atoms with Crippen molar-refractivity contribution >= 4 is 28.1 Å². The molecule has 0 fully saturated rings. The van der Waals surface area contributed by atoms with E-state index in [1.807, 2.05) is 6.92 Å². The van der Waals surface area contributed by atoms with Crippen LogP contribution in [0.4, 0.5) is 0 Å². The third-order valence-corrected chi connectivity index (χ3v) is 2.56. The molecule has 6 heteroatoms. The number of nitrogens with zero attached hydrogens (tertiary/aromatic N) is 2. The van der Waals surface area contributed by atoms with E-state index >= 15 is 0 Å². The molecule has 1 aliphatic rings. The fourth-order valence-electron chi connectivity index (χ4n) is 1.10. The molecule has 1 heterocycles. The van der Waals surface area contributed by atoms with Crippen molar-refractivity contribution in [2.45, 2.75) is 13.0 Å². The van der Waals surface area contributed by atoms with Crippen molar-refractivity contribution in [2.24, 2.45) is 9.98 Å². The smallest absolute Gasteiger partial charge is 0.237 e. The maximum atomic E-state index is 4.98. The maximum Gasteiger partial charge on any atom is 0.237 e. The van der Waals surface area contributed by atoms with Gasteiger partial charge in [0.1, 0.15) is 0 Å². The van der Waals surface area contributed by atoms with Crippen LogP contribution in [0.25, 0.3) is 0 Å². The molecular weight excluding hydrogens is 272 g/mol. The zero-order chi connectivity index (χ0) is 12.0. The Hall–Kier alpha value is -1.14. The van der Waals surface area contributed by atoms with E-state index in [4.69, 9.17) is 4.74 Å². The Morgan fingerprint density at radius 2 is 2.50 bits per heavy atom. The van der Waals surface area contributed by atoms with Gasteiger partial charge in [0, 0.05) is 11.6 Å². The monoisotopic (exact) mass is 286 g/mol. The molecule has 0 saturated heterocycles. The van der Waals surface area contributed by atoms with E-state index in [1.54, 1.807) is 19.4 Å². The molecule has 0 radical (unpaired) electrons. The van der Waals surface area contributed by atoms with Gasteiger partial charge in [0.05, 0.1) is 24.6 Å². The van der Waals surface area contributed by atoms with E-state index < -0.39 is 0 Å². The minimum Gasteiger partial charge on any atom is -0.382 e. The number of hydrogen-bond donors (Lipinski definition) is 2. The van der Waals surface area contributed by atoms with Crippen LogP contribution in [-0.2, 0) is 4.74 Å². The number of methoxy groups -OCH3 is 1. The van der Waals surface area contributed by atoms with E-state index in [1.165, 1.54) is 0 Å². The van der Waals surface area contributed by atoms with Crippen LogP contribution in [0.2, 0.25) is 0 Å². The van der Waals surface area contributed by atoms with Crippen molar-refractivity contribution in [1.82, 2.24) is 10.9 Å². The fraction of sp³-hybridized carbons (Fsp3) is 0.400. The summed E-state index contributed by atoms with van der Waals surface area (Å²) in [6.45, 7) is 6.17. The summed E-state index contributed by atoms with van der Waals surface area (Å²) in [6, 6.07) is 0.0693. The molecule has 1 rings (SSSR count). The number of allylic oxidation sites excluding steroid dienone is 3. The van der Waals surface area contributed by atoms with Gasteiger partial charge in [-0.25, -0.2) is 9.98 Å². The first-order valence-electron chi connectivity index (χ1n) is 4.82. The van der Waals surface area contributed by atoms with Crippen LogP contribution in [0.15, 0.2) is 32.8 Å². The third-order valence-electron chi connectivity index (χ3n) is 1.81. The van der Waals surface area contributed by atoms with Gasteiger partial charge >= 0.3 is 0 Å². The number of hydrazine groups is 1. The van der Waals surface area contributed by atoms with Gasteiger partial charge in [0.25, 0.3) is 0 Å². The molecule has 0 spiro atoms.